The minimum Gasteiger partial charge on any atom is -0.369 e. The number of nitrogens with zero attached hydrogens (tertiary/aromatic N) is 3. The molecule has 6 heteroatoms. The zero-order valence-corrected chi connectivity index (χ0v) is 12.3. The van der Waals surface area contributed by atoms with Crippen LogP contribution in [-0.4, -0.2) is 24.5 Å². The minimum absolute atomic E-state index is 0.574. The number of para-hydroxylation sites is 1. The lowest BCUT2D eigenvalue weighted by molar-refractivity contribution is 0.949. The molecule has 0 unspecified atom stereocenters. The number of rotatable bonds is 2. The summed E-state index contributed by atoms with van der Waals surface area (Å²) in [6.45, 7) is 2.01. The Kier molecular flexibility index (Phi) is 4.94. The first kappa shape index (κ1) is 14.0. The van der Waals surface area contributed by atoms with Crippen molar-refractivity contribution in [2.75, 3.05) is 24.2 Å². The van der Waals surface area contributed by atoms with E-state index in [0.29, 0.717) is 10.2 Å². The predicted molar refractivity (Wildman–Crippen MR) is 82.3 cm³/mol. The van der Waals surface area contributed by atoms with Crippen molar-refractivity contribution in [1.82, 2.24) is 5.32 Å². The van der Waals surface area contributed by atoms with E-state index in [1.807, 2.05) is 30.6 Å². The fraction of sp³-hybridized carbons (Fsp3) is 0.385. The van der Waals surface area contributed by atoms with E-state index in [9.17, 15) is 0 Å². The maximum atomic E-state index is 8.69. The topological polar surface area (TPSA) is 51.4 Å². The van der Waals surface area contributed by atoms with Gasteiger partial charge < -0.3 is 4.90 Å². The summed E-state index contributed by atoms with van der Waals surface area (Å²) in [5, 5.41) is 12.5. The Hall–Kier alpha value is -1.38. The molecular weight excluding hydrogens is 280 g/mol. The van der Waals surface area contributed by atoms with Gasteiger partial charge in [-0.3, -0.25) is 5.32 Å². The van der Waals surface area contributed by atoms with Crippen LogP contribution in [-0.2, 0) is 0 Å². The number of thioether (sulfide) groups is 1. The van der Waals surface area contributed by atoms with Gasteiger partial charge in [-0.1, -0.05) is 29.4 Å². The summed E-state index contributed by atoms with van der Waals surface area (Å²) < 4.78 is 0. The van der Waals surface area contributed by atoms with Crippen molar-refractivity contribution in [2.24, 2.45) is 4.99 Å². The molecule has 0 aromatic heterocycles. The van der Waals surface area contributed by atoms with E-state index >= 15 is 0 Å². The second-order valence-electron chi connectivity index (χ2n) is 4.16. The number of hydrogen-bond acceptors (Lipinski definition) is 4. The molecule has 0 aliphatic carbocycles. The second kappa shape index (κ2) is 6.69. The van der Waals surface area contributed by atoms with Crippen LogP contribution < -0.4 is 10.2 Å². The Morgan fingerprint density at radius 3 is 2.84 bits per heavy atom. The molecule has 19 heavy (non-hydrogen) atoms. The van der Waals surface area contributed by atoms with Gasteiger partial charge >= 0.3 is 0 Å². The van der Waals surface area contributed by atoms with Gasteiger partial charge in [-0.05, 0) is 31.2 Å². The number of aliphatic imine (C=N–C) groups is 1. The summed E-state index contributed by atoms with van der Waals surface area (Å²) in [7, 11) is 0. The highest BCUT2D eigenvalue weighted by Gasteiger charge is 2.18. The molecular formula is C13H15ClN4S. The molecule has 2 rings (SSSR count). The highest BCUT2D eigenvalue weighted by Crippen LogP contribution is 2.37. The standard InChI is InChI=1S/C13H15ClN4S/c1-19-13(16-9-15)17-11-6-4-5-10(14)12(11)18-7-2-3-8-18/h4-6H,2-3,7-8H2,1H3,(H,16,17). The van der Waals surface area contributed by atoms with Gasteiger partial charge in [0.05, 0.1) is 16.4 Å². The van der Waals surface area contributed by atoms with E-state index in [1.54, 1.807) is 0 Å². The summed E-state index contributed by atoms with van der Waals surface area (Å²) in [4.78, 5) is 6.75. The molecule has 1 saturated heterocycles. The fourth-order valence-electron chi connectivity index (χ4n) is 2.13. The fourth-order valence-corrected chi connectivity index (χ4v) is 2.76. The van der Waals surface area contributed by atoms with Crippen molar-refractivity contribution in [3.8, 4) is 6.19 Å². The van der Waals surface area contributed by atoms with Crippen molar-refractivity contribution >= 4 is 39.9 Å². The van der Waals surface area contributed by atoms with Crippen molar-refractivity contribution in [2.45, 2.75) is 12.8 Å². The number of amidine groups is 1. The molecule has 1 heterocycles. The van der Waals surface area contributed by atoms with E-state index in [1.165, 1.54) is 24.6 Å². The number of hydrogen-bond donors (Lipinski definition) is 1. The third-order valence-corrected chi connectivity index (χ3v) is 3.85. The molecule has 1 aliphatic heterocycles. The first-order valence-corrected chi connectivity index (χ1v) is 7.67. The molecule has 4 nitrogen and oxygen atoms in total. The Balaban J connectivity index is 2.39. The number of halogens is 1. The van der Waals surface area contributed by atoms with Gasteiger partial charge in [0.2, 0.25) is 0 Å². The molecule has 0 saturated carbocycles. The van der Waals surface area contributed by atoms with E-state index in [-0.39, 0.29) is 0 Å². The minimum atomic E-state index is 0.574. The summed E-state index contributed by atoms with van der Waals surface area (Å²) in [6, 6.07) is 5.69. The molecule has 1 aromatic carbocycles. The van der Waals surface area contributed by atoms with Crippen LogP contribution in [0.5, 0.6) is 0 Å². The summed E-state index contributed by atoms with van der Waals surface area (Å²) >= 11 is 7.71. The van der Waals surface area contributed by atoms with Crippen LogP contribution in [0.1, 0.15) is 12.8 Å². The number of nitriles is 1. The molecule has 1 aliphatic rings. The van der Waals surface area contributed by atoms with Crippen molar-refractivity contribution in [3.05, 3.63) is 23.2 Å². The van der Waals surface area contributed by atoms with Crippen LogP contribution in [0.3, 0.4) is 0 Å². The quantitative estimate of drug-likeness (QED) is 0.393. The van der Waals surface area contributed by atoms with Gasteiger partial charge in [0, 0.05) is 13.1 Å². The number of nitrogens with one attached hydrogen (secondary N) is 1. The zero-order valence-electron chi connectivity index (χ0n) is 10.7. The van der Waals surface area contributed by atoms with E-state index in [0.717, 1.165) is 24.5 Å². The smallest absolute Gasteiger partial charge is 0.183 e. The Morgan fingerprint density at radius 1 is 1.47 bits per heavy atom. The third kappa shape index (κ3) is 3.34. The van der Waals surface area contributed by atoms with Crippen LogP contribution in [0.15, 0.2) is 23.2 Å². The van der Waals surface area contributed by atoms with E-state index in [4.69, 9.17) is 16.9 Å². The Morgan fingerprint density at radius 2 is 2.21 bits per heavy atom. The molecule has 0 amide bonds. The second-order valence-corrected chi connectivity index (χ2v) is 5.36. The highest BCUT2D eigenvalue weighted by molar-refractivity contribution is 8.13. The van der Waals surface area contributed by atoms with Crippen molar-refractivity contribution < 1.29 is 0 Å². The van der Waals surface area contributed by atoms with E-state index < -0.39 is 0 Å². The summed E-state index contributed by atoms with van der Waals surface area (Å²) in [6.07, 6.45) is 6.13. The van der Waals surface area contributed by atoms with Crippen LogP contribution in [0.4, 0.5) is 11.4 Å². The molecule has 1 N–H and O–H groups in total. The first-order valence-electron chi connectivity index (χ1n) is 6.07. The predicted octanol–water partition coefficient (Wildman–Crippen LogP) is 3.36. The third-order valence-electron chi connectivity index (χ3n) is 2.97. The monoisotopic (exact) mass is 294 g/mol. The number of anilines is 1. The molecule has 0 atom stereocenters. The molecule has 100 valence electrons. The van der Waals surface area contributed by atoms with Gasteiger partial charge in [-0.25, -0.2) is 4.99 Å². The lowest BCUT2D eigenvalue weighted by atomic mass is 10.2. The SMILES string of the molecule is CSC(=Nc1cccc(Cl)c1N1CCCC1)NC#N. The van der Waals surface area contributed by atoms with Crippen LogP contribution >= 0.6 is 23.4 Å². The highest BCUT2D eigenvalue weighted by atomic mass is 35.5. The zero-order chi connectivity index (χ0) is 13.7. The largest absolute Gasteiger partial charge is 0.369 e. The lowest BCUT2D eigenvalue weighted by Gasteiger charge is -2.21. The molecule has 1 fully saturated rings. The normalized spacial score (nSPS) is 15.4. The Labute approximate surface area is 122 Å². The average Bonchev–Trinajstić information content (AvgIpc) is 2.92. The van der Waals surface area contributed by atoms with E-state index in [2.05, 4.69) is 15.2 Å². The van der Waals surface area contributed by atoms with Crippen LogP contribution in [0.25, 0.3) is 0 Å². The summed E-state index contributed by atoms with van der Waals surface area (Å²) in [5.74, 6) is 0. The van der Waals surface area contributed by atoms with Crippen molar-refractivity contribution in [1.29, 1.82) is 5.26 Å². The molecule has 0 spiro atoms. The lowest BCUT2D eigenvalue weighted by Crippen LogP contribution is -2.19. The molecule has 0 radical (unpaired) electrons. The Bertz CT molecular complexity index is 518. The van der Waals surface area contributed by atoms with Crippen LogP contribution in [0.2, 0.25) is 5.02 Å². The van der Waals surface area contributed by atoms with Gasteiger partial charge in [-0.2, -0.15) is 5.26 Å². The molecule has 1 aromatic rings. The van der Waals surface area contributed by atoms with Gasteiger partial charge in [0.15, 0.2) is 11.4 Å². The average molecular weight is 295 g/mol. The maximum Gasteiger partial charge on any atom is 0.183 e. The van der Waals surface area contributed by atoms with Gasteiger partial charge in [0.1, 0.15) is 0 Å². The molecule has 0 bridgehead atoms. The summed E-state index contributed by atoms with van der Waals surface area (Å²) in [5.41, 5.74) is 1.77. The van der Waals surface area contributed by atoms with Gasteiger partial charge in [-0.15, -0.1) is 0 Å². The van der Waals surface area contributed by atoms with Crippen molar-refractivity contribution in [3.63, 3.8) is 0 Å². The van der Waals surface area contributed by atoms with Crippen LogP contribution in [0, 0.1) is 11.5 Å². The maximum absolute atomic E-state index is 8.69. The van der Waals surface area contributed by atoms with Gasteiger partial charge in [0.25, 0.3) is 0 Å². The number of benzene rings is 1. The first-order chi connectivity index (χ1) is 9.26.